The molecule has 0 spiro atoms. The van der Waals surface area contributed by atoms with Crippen molar-refractivity contribution in [2.24, 2.45) is 17.1 Å². The van der Waals surface area contributed by atoms with E-state index in [0.29, 0.717) is 5.92 Å². The molecule has 2 atom stereocenters. The van der Waals surface area contributed by atoms with Gasteiger partial charge in [0.05, 0.1) is 0 Å². The van der Waals surface area contributed by atoms with Crippen LogP contribution in [0.3, 0.4) is 0 Å². The van der Waals surface area contributed by atoms with E-state index < -0.39 is 0 Å². The molecular weight excluding hydrogens is 230 g/mol. The van der Waals surface area contributed by atoms with Crippen molar-refractivity contribution in [3.63, 3.8) is 0 Å². The van der Waals surface area contributed by atoms with Crippen molar-refractivity contribution in [1.82, 2.24) is 0 Å². The van der Waals surface area contributed by atoms with Gasteiger partial charge in [-0.15, -0.1) is 0 Å². The molecule has 0 aromatic carbocycles. The Balaban J connectivity index is 0. The Morgan fingerprint density at radius 2 is 1.59 bits per heavy atom. The van der Waals surface area contributed by atoms with Crippen LogP contribution in [0.25, 0.3) is 0 Å². The van der Waals surface area contributed by atoms with Crippen LogP contribution in [0.5, 0.6) is 0 Å². The van der Waals surface area contributed by atoms with E-state index in [1.165, 1.54) is 5.57 Å². The lowest BCUT2D eigenvalue weighted by Gasteiger charge is -2.31. The molecule has 2 N–H and O–H groups in total. The Morgan fingerprint density at radius 1 is 1.18 bits per heavy atom. The van der Waals surface area contributed by atoms with Crippen LogP contribution in [-0.4, -0.2) is 6.04 Å². The first-order chi connectivity index (χ1) is 7.64. The van der Waals surface area contributed by atoms with E-state index in [0.717, 1.165) is 5.03 Å². The summed E-state index contributed by atoms with van der Waals surface area (Å²) >= 11 is 5.81. The lowest BCUT2D eigenvalue weighted by Crippen LogP contribution is -2.39. The van der Waals surface area contributed by atoms with E-state index in [-0.39, 0.29) is 11.5 Å². The Kier molecular flexibility index (Phi) is 9.84. The molecule has 0 saturated heterocycles. The molecule has 102 valence electrons. The molecule has 0 amide bonds. The van der Waals surface area contributed by atoms with Crippen LogP contribution in [0.15, 0.2) is 22.8 Å². The molecule has 0 aliphatic heterocycles. The summed E-state index contributed by atoms with van der Waals surface area (Å²) in [5.74, 6) is 0.359. The van der Waals surface area contributed by atoms with Crippen LogP contribution < -0.4 is 5.73 Å². The molecule has 0 aliphatic carbocycles. The van der Waals surface area contributed by atoms with Crippen molar-refractivity contribution >= 4 is 11.6 Å². The molecule has 2 unspecified atom stereocenters. The lowest BCUT2D eigenvalue weighted by molar-refractivity contribution is 0.275. The first-order valence-corrected chi connectivity index (χ1v) is 6.80. The number of hydrogen-bond acceptors (Lipinski definition) is 1. The van der Waals surface area contributed by atoms with Crippen molar-refractivity contribution in [3.05, 3.63) is 22.8 Å². The van der Waals surface area contributed by atoms with Crippen molar-refractivity contribution in [1.29, 1.82) is 0 Å². The molecule has 0 aliphatic rings. The first kappa shape index (κ1) is 19.1. The third-order valence-corrected chi connectivity index (χ3v) is 2.63. The van der Waals surface area contributed by atoms with Crippen molar-refractivity contribution < 1.29 is 0 Å². The lowest BCUT2D eigenvalue weighted by atomic mass is 9.80. The highest BCUT2D eigenvalue weighted by Crippen LogP contribution is 2.25. The first-order valence-electron chi connectivity index (χ1n) is 6.42. The van der Waals surface area contributed by atoms with Gasteiger partial charge in [0, 0.05) is 11.1 Å². The molecule has 0 fully saturated rings. The smallest absolute Gasteiger partial charge is 0.0152 e. The fourth-order valence-corrected chi connectivity index (χ4v) is 1.84. The van der Waals surface area contributed by atoms with Gasteiger partial charge in [-0.05, 0) is 31.3 Å². The number of nitrogens with two attached hydrogens (primary N) is 1. The third kappa shape index (κ3) is 9.43. The van der Waals surface area contributed by atoms with Gasteiger partial charge >= 0.3 is 0 Å². The fourth-order valence-electron chi connectivity index (χ4n) is 1.67. The maximum atomic E-state index is 6.18. The van der Waals surface area contributed by atoms with Gasteiger partial charge in [-0.2, -0.15) is 0 Å². The van der Waals surface area contributed by atoms with Crippen LogP contribution >= 0.6 is 11.6 Å². The second kappa shape index (κ2) is 8.77. The Morgan fingerprint density at radius 3 is 1.88 bits per heavy atom. The highest BCUT2D eigenvalue weighted by atomic mass is 35.5. The Hall–Kier alpha value is -0.270. The number of hydrogen-bond donors (Lipinski definition) is 1. The summed E-state index contributed by atoms with van der Waals surface area (Å²) in [6.45, 7) is 16.6. The van der Waals surface area contributed by atoms with Crippen molar-refractivity contribution in [2.75, 3.05) is 0 Å². The zero-order valence-electron chi connectivity index (χ0n) is 12.8. The predicted octanol–water partition coefficient (Wildman–Crippen LogP) is 5.11. The van der Waals surface area contributed by atoms with Crippen LogP contribution in [-0.2, 0) is 0 Å². The average molecular weight is 260 g/mol. The van der Waals surface area contributed by atoms with Gasteiger partial charge in [0.1, 0.15) is 0 Å². The number of halogens is 1. The van der Waals surface area contributed by atoms with E-state index in [2.05, 4.69) is 40.7 Å². The Bertz CT molecular complexity index is 255. The van der Waals surface area contributed by atoms with Crippen LogP contribution in [0, 0.1) is 11.3 Å². The molecule has 0 aromatic rings. The van der Waals surface area contributed by atoms with E-state index in [1.54, 1.807) is 0 Å². The summed E-state index contributed by atoms with van der Waals surface area (Å²) in [4.78, 5) is 0. The summed E-state index contributed by atoms with van der Waals surface area (Å²) in [5, 5.41) is 0.806. The quantitative estimate of drug-likeness (QED) is 0.700. The molecule has 1 nitrogen and oxygen atoms in total. The molecule has 17 heavy (non-hydrogen) atoms. The van der Waals surface area contributed by atoms with Crippen LogP contribution in [0.1, 0.15) is 55.4 Å². The average Bonchev–Trinajstić information content (AvgIpc) is 2.16. The molecule has 0 saturated carbocycles. The van der Waals surface area contributed by atoms with E-state index in [1.807, 2.05) is 26.8 Å². The zero-order chi connectivity index (χ0) is 14.2. The second-order valence-electron chi connectivity index (χ2n) is 5.39. The molecule has 0 aromatic heterocycles. The Labute approximate surface area is 113 Å². The minimum absolute atomic E-state index is 0.135. The summed E-state index contributed by atoms with van der Waals surface area (Å²) < 4.78 is 0. The van der Waals surface area contributed by atoms with Gasteiger partial charge in [-0.3, -0.25) is 0 Å². The SMILES string of the molecule is CC.CC(=C/C(C)C(N)C(C)(C)C)/C=C(\C)Cl. The highest BCUT2D eigenvalue weighted by molar-refractivity contribution is 6.29. The van der Waals surface area contributed by atoms with E-state index in [4.69, 9.17) is 17.3 Å². The van der Waals surface area contributed by atoms with Gasteiger partial charge in [0.25, 0.3) is 0 Å². The standard InChI is InChI=1S/C13H24ClN.C2H6/c1-9(8-11(3)14)7-10(2)12(15)13(4,5)6;1-2/h7-8,10,12H,15H2,1-6H3;1-2H3/b9-7-,11-8+;. The maximum Gasteiger partial charge on any atom is 0.0152 e. The van der Waals surface area contributed by atoms with Crippen molar-refractivity contribution in [3.8, 4) is 0 Å². The maximum absolute atomic E-state index is 6.18. The number of rotatable bonds is 3. The van der Waals surface area contributed by atoms with E-state index >= 15 is 0 Å². The predicted molar refractivity (Wildman–Crippen MR) is 81.3 cm³/mol. The van der Waals surface area contributed by atoms with Gasteiger partial charge in [0.2, 0.25) is 0 Å². The third-order valence-electron chi connectivity index (χ3n) is 2.52. The molecule has 2 heteroatoms. The number of allylic oxidation sites excluding steroid dienone is 3. The minimum Gasteiger partial charge on any atom is -0.327 e. The van der Waals surface area contributed by atoms with Gasteiger partial charge in [-0.25, -0.2) is 0 Å². The monoisotopic (exact) mass is 259 g/mol. The summed E-state index contributed by atoms with van der Waals surface area (Å²) in [6, 6.07) is 0.163. The van der Waals surface area contributed by atoms with Crippen LogP contribution in [0.4, 0.5) is 0 Å². The largest absolute Gasteiger partial charge is 0.327 e. The molecule has 0 bridgehead atoms. The van der Waals surface area contributed by atoms with Gasteiger partial charge in [-0.1, -0.05) is 64.8 Å². The summed E-state index contributed by atoms with van der Waals surface area (Å²) in [6.07, 6.45) is 4.15. The van der Waals surface area contributed by atoms with Gasteiger partial charge < -0.3 is 5.73 Å². The summed E-state index contributed by atoms with van der Waals surface area (Å²) in [5.41, 5.74) is 7.49. The normalized spacial score (nSPS) is 17.1. The topological polar surface area (TPSA) is 26.0 Å². The van der Waals surface area contributed by atoms with E-state index in [9.17, 15) is 0 Å². The fraction of sp³-hybridized carbons (Fsp3) is 0.733. The van der Waals surface area contributed by atoms with Gasteiger partial charge in [0.15, 0.2) is 0 Å². The minimum atomic E-state index is 0.135. The molecule has 0 heterocycles. The molecular formula is C15H30ClN. The van der Waals surface area contributed by atoms with Crippen LogP contribution in [0.2, 0.25) is 0 Å². The zero-order valence-corrected chi connectivity index (χ0v) is 13.5. The molecule has 0 radical (unpaired) electrons. The van der Waals surface area contributed by atoms with Crippen molar-refractivity contribution in [2.45, 2.75) is 61.4 Å². The highest BCUT2D eigenvalue weighted by Gasteiger charge is 2.24. The molecule has 0 rings (SSSR count). The summed E-state index contributed by atoms with van der Waals surface area (Å²) in [7, 11) is 0. The second-order valence-corrected chi connectivity index (χ2v) is 5.99.